The van der Waals surface area contributed by atoms with Crippen LogP contribution in [-0.2, 0) is 13.2 Å². The Morgan fingerprint density at radius 3 is 2.57 bits per heavy atom. The van der Waals surface area contributed by atoms with Gasteiger partial charge < -0.3 is 9.47 Å². The van der Waals surface area contributed by atoms with Crippen molar-refractivity contribution in [2.75, 3.05) is 7.11 Å². The molecule has 3 aromatic rings. The molecule has 0 fully saturated rings. The van der Waals surface area contributed by atoms with Crippen molar-refractivity contribution in [1.29, 1.82) is 0 Å². The molecule has 2 aromatic carbocycles. The molecule has 0 unspecified atom stereocenters. The van der Waals surface area contributed by atoms with Crippen LogP contribution in [0.5, 0.6) is 11.5 Å². The molecular weight excluding hydrogens is 400 g/mol. The van der Waals surface area contributed by atoms with Gasteiger partial charge in [0.1, 0.15) is 18.1 Å². The second-order valence-corrected chi connectivity index (χ2v) is 7.39. The van der Waals surface area contributed by atoms with E-state index >= 15 is 0 Å². The lowest BCUT2D eigenvalue weighted by molar-refractivity contribution is 0.104. The molecule has 6 heteroatoms. The van der Waals surface area contributed by atoms with E-state index in [1.54, 1.807) is 36.3 Å². The fraction of sp³-hybridized carbons (Fsp3) is 0.250. The van der Waals surface area contributed by atoms with E-state index in [2.05, 4.69) is 5.10 Å². The van der Waals surface area contributed by atoms with E-state index < -0.39 is 0 Å². The van der Waals surface area contributed by atoms with Gasteiger partial charge >= 0.3 is 0 Å². The van der Waals surface area contributed by atoms with E-state index in [0.29, 0.717) is 12.2 Å². The minimum atomic E-state index is -0.0876. The van der Waals surface area contributed by atoms with Crippen LogP contribution in [0.2, 0.25) is 5.02 Å². The summed E-state index contributed by atoms with van der Waals surface area (Å²) in [4.78, 5) is 12.4. The molecule has 0 radical (unpaired) electrons. The minimum Gasteiger partial charge on any atom is -0.496 e. The highest BCUT2D eigenvalue weighted by atomic mass is 35.5. The number of ketones is 1. The summed E-state index contributed by atoms with van der Waals surface area (Å²) in [5, 5.41) is 4.89. The first-order chi connectivity index (χ1) is 14.4. The molecule has 0 aliphatic carbocycles. The van der Waals surface area contributed by atoms with Crippen LogP contribution < -0.4 is 9.47 Å². The van der Waals surface area contributed by atoms with Crippen LogP contribution >= 0.6 is 11.6 Å². The number of nitrogens with zero attached hydrogens (tertiary/aromatic N) is 2. The fourth-order valence-electron chi connectivity index (χ4n) is 3.10. The van der Waals surface area contributed by atoms with Crippen LogP contribution in [0, 0.1) is 13.8 Å². The van der Waals surface area contributed by atoms with Gasteiger partial charge in [0, 0.05) is 23.3 Å². The number of aryl methyl sites for hydroxylation is 3. The van der Waals surface area contributed by atoms with E-state index in [1.165, 1.54) is 0 Å². The molecule has 0 spiro atoms. The molecule has 0 amide bonds. The number of methoxy groups -OCH3 is 1. The summed E-state index contributed by atoms with van der Waals surface area (Å²) in [5.41, 5.74) is 4.28. The van der Waals surface area contributed by atoms with Crippen molar-refractivity contribution in [2.24, 2.45) is 0 Å². The van der Waals surface area contributed by atoms with Gasteiger partial charge in [-0.1, -0.05) is 23.7 Å². The van der Waals surface area contributed by atoms with Gasteiger partial charge in [-0.15, -0.1) is 0 Å². The molecule has 0 N–H and O–H groups in total. The van der Waals surface area contributed by atoms with Crippen LogP contribution in [-0.4, -0.2) is 22.7 Å². The first-order valence-electron chi connectivity index (χ1n) is 9.72. The fourth-order valence-corrected chi connectivity index (χ4v) is 3.21. The van der Waals surface area contributed by atoms with Gasteiger partial charge in [-0.05, 0) is 67.8 Å². The lowest BCUT2D eigenvalue weighted by atomic mass is 10.1. The van der Waals surface area contributed by atoms with Gasteiger partial charge in [-0.2, -0.15) is 5.10 Å². The predicted octanol–water partition coefficient (Wildman–Crippen LogP) is 5.66. The standard InChI is InChI=1S/C24H25ClN2O3/c1-5-27-14-20(13-26-27)22(28)8-6-18-7-9-23(29-4)19(12-18)15-30-21-10-16(2)24(25)17(3)11-21/h6-14H,5,15H2,1-4H3/b8-6+. The zero-order chi connectivity index (χ0) is 21.7. The van der Waals surface area contributed by atoms with E-state index in [-0.39, 0.29) is 5.78 Å². The zero-order valence-electron chi connectivity index (χ0n) is 17.6. The number of rotatable bonds is 8. The van der Waals surface area contributed by atoms with Crippen LogP contribution in [0.1, 0.15) is 39.5 Å². The van der Waals surface area contributed by atoms with Crippen LogP contribution in [0.15, 0.2) is 48.8 Å². The second kappa shape index (κ2) is 9.63. The Balaban J connectivity index is 1.75. The molecule has 156 valence electrons. The molecule has 1 heterocycles. The Labute approximate surface area is 181 Å². The maximum Gasteiger partial charge on any atom is 0.189 e. The molecule has 30 heavy (non-hydrogen) atoms. The maximum absolute atomic E-state index is 12.4. The third-order valence-electron chi connectivity index (χ3n) is 4.78. The summed E-state index contributed by atoms with van der Waals surface area (Å²) in [7, 11) is 1.62. The van der Waals surface area contributed by atoms with Crippen LogP contribution in [0.4, 0.5) is 0 Å². The van der Waals surface area contributed by atoms with Crippen molar-refractivity contribution in [2.45, 2.75) is 33.9 Å². The number of carbonyl (C=O) groups excluding carboxylic acids is 1. The number of halogens is 1. The number of allylic oxidation sites excluding steroid dienone is 1. The second-order valence-electron chi connectivity index (χ2n) is 7.01. The average molecular weight is 425 g/mol. The largest absolute Gasteiger partial charge is 0.496 e. The third kappa shape index (κ3) is 5.10. The Bertz CT molecular complexity index is 1060. The van der Waals surface area contributed by atoms with Crippen molar-refractivity contribution in [3.63, 3.8) is 0 Å². The highest BCUT2D eigenvalue weighted by Crippen LogP contribution is 2.28. The molecule has 0 saturated heterocycles. The summed E-state index contributed by atoms with van der Waals surface area (Å²) in [5.74, 6) is 1.39. The number of benzene rings is 2. The van der Waals surface area contributed by atoms with Crippen LogP contribution in [0.25, 0.3) is 6.08 Å². The summed E-state index contributed by atoms with van der Waals surface area (Å²) in [6.07, 6.45) is 6.66. The number of hydrogen-bond acceptors (Lipinski definition) is 4. The van der Waals surface area contributed by atoms with Gasteiger partial charge in [-0.25, -0.2) is 0 Å². The molecule has 0 aliphatic rings. The number of hydrogen-bond donors (Lipinski definition) is 0. The molecule has 5 nitrogen and oxygen atoms in total. The summed E-state index contributed by atoms with van der Waals surface area (Å²) < 4.78 is 13.2. The SMILES string of the molecule is CCn1cc(C(=O)/C=C/c2ccc(OC)c(COc3cc(C)c(Cl)c(C)c3)c2)cn1. The van der Waals surface area contributed by atoms with Crippen molar-refractivity contribution in [3.8, 4) is 11.5 Å². The Morgan fingerprint density at radius 1 is 1.20 bits per heavy atom. The van der Waals surface area contributed by atoms with Gasteiger partial charge in [0.2, 0.25) is 0 Å². The quantitative estimate of drug-likeness (QED) is 0.346. The highest BCUT2D eigenvalue weighted by molar-refractivity contribution is 6.32. The summed E-state index contributed by atoms with van der Waals surface area (Å²) in [6.45, 7) is 6.95. The smallest absolute Gasteiger partial charge is 0.189 e. The Hall–Kier alpha value is -3.05. The van der Waals surface area contributed by atoms with E-state index in [0.717, 1.165) is 45.3 Å². The van der Waals surface area contributed by atoms with Crippen molar-refractivity contribution < 1.29 is 14.3 Å². The first-order valence-corrected chi connectivity index (χ1v) is 10.1. The molecule has 1 aromatic heterocycles. The summed E-state index contributed by atoms with van der Waals surface area (Å²) >= 11 is 6.23. The van der Waals surface area contributed by atoms with Crippen LogP contribution in [0.3, 0.4) is 0 Å². The molecular formula is C24H25ClN2O3. The molecule has 3 rings (SSSR count). The van der Waals surface area contributed by atoms with Crippen molar-refractivity contribution in [1.82, 2.24) is 9.78 Å². The van der Waals surface area contributed by atoms with Crippen molar-refractivity contribution in [3.05, 3.63) is 81.6 Å². The monoisotopic (exact) mass is 424 g/mol. The molecule has 0 atom stereocenters. The highest BCUT2D eigenvalue weighted by Gasteiger charge is 2.09. The molecule has 0 saturated carbocycles. The van der Waals surface area contributed by atoms with Gasteiger partial charge in [0.05, 0.1) is 18.9 Å². The third-order valence-corrected chi connectivity index (χ3v) is 5.37. The molecule has 0 aliphatic heterocycles. The molecule has 0 bridgehead atoms. The Morgan fingerprint density at radius 2 is 1.93 bits per heavy atom. The number of ether oxygens (including phenoxy) is 2. The topological polar surface area (TPSA) is 53.4 Å². The van der Waals surface area contributed by atoms with E-state index in [1.807, 2.05) is 51.1 Å². The lowest BCUT2D eigenvalue weighted by Gasteiger charge is -2.13. The van der Waals surface area contributed by atoms with E-state index in [9.17, 15) is 4.79 Å². The normalized spacial score (nSPS) is 11.1. The average Bonchev–Trinajstić information content (AvgIpc) is 3.23. The summed E-state index contributed by atoms with van der Waals surface area (Å²) in [6, 6.07) is 9.56. The number of carbonyl (C=O) groups is 1. The van der Waals surface area contributed by atoms with Gasteiger partial charge in [0.15, 0.2) is 5.78 Å². The van der Waals surface area contributed by atoms with Gasteiger partial charge in [-0.3, -0.25) is 9.48 Å². The zero-order valence-corrected chi connectivity index (χ0v) is 18.4. The Kier molecular flexibility index (Phi) is 6.95. The minimum absolute atomic E-state index is 0.0876. The lowest BCUT2D eigenvalue weighted by Crippen LogP contribution is -2.00. The first kappa shape index (κ1) is 21.7. The maximum atomic E-state index is 12.4. The number of aromatic nitrogens is 2. The predicted molar refractivity (Wildman–Crippen MR) is 120 cm³/mol. The van der Waals surface area contributed by atoms with Gasteiger partial charge in [0.25, 0.3) is 0 Å². The van der Waals surface area contributed by atoms with Crippen molar-refractivity contribution >= 4 is 23.5 Å². The van der Waals surface area contributed by atoms with E-state index in [4.69, 9.17) is 21.1 Å².